The number of carbonyl (C=O) groups excluding carboxylic acids is 1. The second-order valence-electron chi connectivity index (χ2n) is 2.21. The molecule has 0 spiro atoms. The minimum absolute atomic E-state index is 0.436. The molecule has 2 amide bonds. The molecule has 0 fully saturated rings. The first-order valence-corrected chi connectivity index (χ1v) is 3.22. The first-order chi connectivity index (χ1) is 5.36. The summed E-state index contributed by atoms with van der Waals surface area (Å²) in [7, 11) is 0. The maximum absolute atomic E-state index is 10.7. The Morgan fingerprint density at radius 1 is 1.45 bits per heavy atom. The minimum atomic E-state index is -0.436. The molecular formula is C7H5N3O. The molecule has 2 aliphatic rings. The summed E-state index contributed by atoms with van der Waals surface area (Å²) < 4.78 is 0. The van der Waals surface area contributed by atoms with Crippen LogP contribution < -0.4 is 0 Å². The summed E-state index contributed by atoms with van der Waals surface area (Å²) in [6.07, 6.45) is 5.00. The van der Waals surface area contributed by atoms with Crippen LogP contribution in [0.5, 0.6) is 0 Å². The topological polar surface area (TPSA) is 54.1 Å². The molecule has 0 N–H and O–H groups in total. The molecule has 0 radical (unpaired) electrons. The highest BCUT2D eigenvalue weighted by molar-refractivity contribution is 6.26. The van der Waals surface area contributed by atoms with Crippen LogP contribution in [-0.2, 0) is 0 Å². The van der Waals surface area contributed by atoms with Gasteiger partial charge in [0.2, 0.25) is 0 Å². The van der Waals surface area contributed by atoms with E-state index in [1.54, 1.807) is 12.3 Å². The smallest absolute Gasteiger partial charge is 0.287 e. The monoisotopic (exact) mass is 147 g/mol. The molecule has 4 heteroatoms. The van der Waals surface area contributed by atoms with Gasteiger partial charge in [-0.3, -0.25) is 4.99 Å². The summed E-state index contributed by atoms with van der Waals surface area (Å²) in [5.41, 5.74) is 1.60. The van der Waals surface area contributed by atoms with Crippen molar-refractivity contribution in [2.45, 2.75) is 0 Å². The molecule has 0 aromatic rings. The van der Waals surface area contributed by atoms with Crippen LogP contribution in [0.25, 0.3) is 0 Å². The van der Waals surface area contributed by atoms with Crippen molar-refractivity contribution in [3.8, 4) is 0 Å². The molecule has 0 bridgehead atoms. The van der Waals surface area contributed by atoms with Crippen molar-refractivity contribution in [3.63, 3.8) is 0 Å². The zero-order valence-electron chi connectivity index (χ0n) is 5.69. The number of dihydropyridines is 1. The molecule has 2 heterocycles. The Labute approximate surface area is 63.1 Å². The molecule has 2 rings (SSSR count). The number of urea groups is 1. The first kappa shape index (κ1) is 6.15. The minimum Gasteiger partial charge on any atom is -0.287 e. The van der Waals surface area contributed by atoms with Gasteiger partial charge in [-0.2, -0.15) is 9.98 Å². The third-order valence-electron chi connectivity index (χ3n) is 1.48. The lowest BCUT2D eigenvalue weighted by Gasteiger charge is -2.08. The van der Waals surface area contributed by atoms with E-state index in [-0.39, 0.29) is 0 Å². The van der Waals surface area contributed by atoms with E-state index in [0.29, 0.717) is 12.3 Å². The standard InChI is InChI=1S/C7H5N3O/c11-7-9-3-5-1-2-8-4-6(5)10-7/h1-3H,4H2. The fourth-order valence-electron chi connectivity index (χ4n) is 0.946. The lowest BCUT2D eigenvalue weighted by Crippen LogP contribution is -2.17. The zero-order chi connectivity index (χ0) is 7.68. The molecule has 54 valence electrons. The van der Waals surface area contributed by atoms with Gasteiger partial charge in [-0.1, -0.05) is 0 Å². The van der Waals surface area contributed by atoms with Gasteiger partial charge in [0.15, 0.2) is 0 Å². The molecule has 0 saturated carbocycles. The normalized spacial score (nSPS) is 20.9. The van der Waals surface area contributed by atoms with Crippen molar-refractivity contribution >= 4 is 24.2 Å². The van der Waals surface area contributed by atoms with Crippen LogP contribution in [0.1, 0.15) is 0 Å². The quantitative estimate of drug-likeness (QED) is 0.496. The van der Waals surface area contributed by atoms with E-state index in [9.17, 15) is 4.79 Å². The summed E-state index contributed by atoms with van der Waals surface area (Å²) in [5, 5.41) is 0. The molecule has 0 aliphatic carbocycles. The number of aliphatic imine (C=N–C) groups is 3. The average Bonchev–Trinajstić information content (AvgIpc) is 2.04. The number of rotatable bonds is 0. The van der Waals surface area contributed by atoms with Gasteiger partial charge in [0.1, 0.15) is 0 Å². The van der Waals surface area contributed by atoms with Crippen molar-refractivity contribution in [1.29, 1.82) is 0 Å². The third-order valence-corrected chi connectivity index (χ3v) is 1.48. The Kier molecular flexibility index (Phi) is 1.25. The summed E-state index contributed by atoms with van der Waals surface area (Å²) in [4.78, 5) is 21.8. The molecular weight excluding hydrogens is 142 g/mol. The van der Waals surface area contributed by atoms with Crippen molar-refractivity contribution in [1.82, 2.24) is 0 Å². The van der Waals surface area contributed by atoms with Crippen LogP contribution in [-0.4, -0.2) is 30.7 Å². The second-order valence-corrected chi connectivity index (χ2v) is 2.21. The maximum Gasteiger partial charge on any atom is 0.367 e. The Hall–Kier alpha value is -1.58. The van der Waals surface area contributed by atoms with Gasteiger partial charge in [0.05, 0.1) is 12.3 Å². The zero-order valence-corrected chi connectivity index (χ0v) is 5.69. The Balaban J connectivity index is 2.44. The average molecular weight is 147 g/mol. The van der Waals surface area contributed by atoms with E-state index in [1.165, 1.54) is 6.21 Å². The van der Waals surface area contributed by atoms with Crippen LogP contribution >= 0.6 is 0 Å². The number of amides is 2. The van der Waals surface area contributed by atoms with Gasteiger partial charge in [-0.15, -0.1) is 0 Å². The Bertz CT molecular complexity index is 323. The highest BCUT2D eigenvalue weighted by atomic mass is 16.2. The maximum atomic E-state index is 10.7. The predicted octanol–water partition coefficient (Wildman–Crippen LogP) is 0.643. The van der Waals surface area contributed by atoms with Crippen molar-refractivity contribution < 1.29 is 4.79 Å². The van der Waals surface area contributed by atoms with Crippen molar-refractivity contribution in [2.24, 2.45) is 15.0 Å². The van der Waals surface area contributed by atoms with Crippen molar-refractivity contribution in [3.05, 3.63) is 11.6 Å². The van der Waals surface area contributed by atoms with Gasteiger partial charge < -0.3 is 0 Å². The van der Waals surface area contributed by atoms with E-state index >= 15 is 0 Å². The van der Waals surface area contributed by atoms with Gasteiger partial charge >= 0.3 is 6.03 Å². The fraction of sp³-hybridized carbons (Fsp3) is 0.143. The summed E-state index contributed by atoms with van der Waals surface area (Å²) >= 11 is 0. The van der Waals surface area contributed by atoms with Crippen LogP contribution in [0.15, 0.2) is 26.6 Å². The molecule has 11 heavy (non-hydrogen) atoms. The van der Waals surface area contributed by atoms with Gasteiger partial charge in [-0.05, 0) is 6.08 Å². The molecule has 2 aliphatic heterocycles. The third kappa shape index (κ3) is 1.02. The molecule has 0 saturated heterocycles. The van der Waals surface area contributed by atoms with Crippen LogP contribution in [0, 0.1) is 0 Å². The number of carbonyl (C=O) groups is 1. The lowest BCUT2D eigenvalue weighted by molar-refractivity contribution is 0.257. The van der Waals surface area contributed by atoms with Gasteiger partial charge in [0.25, 0.3) is 0 Å². The van der Waals surface area contributed by atoms with E-state index in [1.807, 2.05) is 0 Å². The largest absolute Gasteiger partial charge is 0.367 e. The molecule has 0 aromatic carbocycles. The number of hydrogen-bond donors (Lipinski definition) is 0. The van der Waals surface area contributed by atoms with E-state index in [0.717, 1.165) is 5.57 Å². The van der Waals surface area contributed by atoms with Gasteiger partial charge in [-0.25, -0.2) is 4.79 Å². The Morgan fingerprint density at radius 3 is 3.27 bits per heavy atom. The van der Waals surface area contributed by atoms with Crippen LogP contribution in [0.2, 0.25) is 0 Å². The molecule has 0 aromatic heterocycles. The molecule has 0 atom stereocenters. The van der Waals surface area contributed by atoms with E-state index in [2.05, 4.69) is 15.0 Å². The van der Waals surface area contributed by atoms with Crippen LogP contribution in [0.4, 0.5) is 4.79 Å². The molecule has 0 unspecified atom stereocenters. The first-order valence-electron chi connectivity index (χ1n) is 3.22. The summed E-state index contributed by atoms with van der Waals surface area (Å²) in [6.45, 7) is 0.490. The number of allylic oxidation sites excluding steroid dienone is 1. The van der Waals surface area contributed by atoms with Gasteiger partial charge in [0, 0.05) is 18.0 Å². The summed E-state index contributed by atoms with van der Waals surface area (Å²) in [6, 6.07) is -0.436. The van der Waals surface area contributed by atoms with E-state index in [4.69, 9.17) is 0 Å². The number of nitrogens with zero attached hydrogens (tertiary/aromatic N) is 3. The Morgan fingerprint density at radius 2 is 2.36 bits per heavy atom. The molecule has 4 nitrogen and oxygen atoms in total. The van der Waals surface area contributed by atoms with E-state index < -0.39 is 6.03 Å². The van der Waals surface area contributed by atoms with Crippen molar-refractivity contribution in [2.75, 3.05) is 6.54 Å². The fourth-order valence-corrected chi connectivity index (χ4v) is 0.946. The second kappa shape index (κ2) is 2.23. The number of fused-ring (bicyclic) bond motifs is 1. The highest BCUT2D eigenvalue weighted by Crippen LogP contribution is 2.06. The lowest BCUT2D eigenvalue weighted by atomic mass is 10.1. The number of hydrogen-bond acceptors (Lipinski definition) is 2. The highest BCUT2D eigenvalue weighted by Gasteiger charge is 2.13. The SMILES string of the molecule is O=C1N=CC2=CC=NCC2=N1. The summed E-state index contributed by atoms with van der Waals surface area (Å²) in [5.74, 6) is 0. The predicted molar refractivity (Wildman–Crippen MR) is 42.8 cm³/mol. The van der Waals surface area contributed by atoms with Crippen LogP contribution in [0.3, 0.4) is 0 Å².